The Morgan fingerprint density at radius 1 is 1.33 bits per heavy atom. The van der Waals surface area contributed by atoms with Gasteiger partial charge in [-0.1, -0.05) is 25.8 Å². The van der Waals surface area contributed by atoms with Crippen LogP contribution in [0.4, 0.5) is 0 Å². The maximum absolute atomic E-state index is 12.6. The van der Waals surface area contributed by atoms with Gasteiger partial charge in [0.1, 0.15) is 0 Å². The number of amides is 1. The lowest BCUT2D eigenvalue weighted by Crippen LogP contribution is -2.34. The third-order valence-electron chi connectivity index (χ3n) is 4.43. The zero-order valence-corrected chi connectivity index (χ0v) is 15.2. The Labute approximate surface area is 144 Å². The number of carbonyl (C=O) groups excluding carboxylic acids is 1. The highest BCUT2D eigenvalue weighted by Crippen LogP contribution is 2.22. The molecule has 1 amide bonds. The minimum absolute atomic E-state index is 0.00251. The van der Waals surface area contributed by atoms with E-state index < -0.39 is 10.0 Å². The van der Waals surface area contributed by atoms with Crippen LogP contribution in [0, 0.1) is 12.8 Å². The molecule has 1 aliphatic rings. The Morgan fingerprint density at radius 3 is 2.62 bits per heavy atom. The summed E-state index contributed by atoms with van der Waals surface area (Å²) >= 11 is 0. The lowest BCUT2D eigenvalue weighted by Gasteiger charge is -2.15. The zero-order chi connectivity index (χ0) is 17.7. The van der Waals surface area contributed by atoms with Gasteiger partial charge in [-0.05, 0) is 49.9 Å². The second-order valence-corrected chi connectivity index (χ2v) is 8.32. The van der Waals surface area contributed by atoms with Crippen molar-refractivity contribution in [3.63, 3.8) is 0 Å². The molecule has 2 rings (SSSR count). The monoisotopic (exact) mass is 353 g/mol. The second kappa shape index (κ2) is 8.09. The van der Waals surface area contributed by atoms with E-state index in [0.717, 1.165) is 25.7 Å². The summed E-state index contributed by atoms with van der Waals surface area (Å²) in [5.74, 6) is -0.112. The van der Waals surface area contributed by atoms with Crippen molar-refractivity contribution in [2.75, 3.05) is 13.1 Å². The highest BCUT2D eigenvalue weighted by molar-refractivity contribution is 7.89. The van der Waals surface area contributed by atoms with Gasteiger partial charge in [-0.3, -0.25) is 4.79 Å². The van der Waals surface area contributed by atoms with Gasteiger partial charge in [-0.2, -0.15) is 0 Å². The third-order valence-corrected chi connectivity index (χ3v) is 6.09. The first-order chi connectivity index (χ1) is 11.3. The van der Waals surface area contributed by atoms with E-state index >= 15 is 0 Å². The Balaban J connectivity index is 2.16. The summed E-state index contributed by atoms with van der Waals surface area (Å²) in [6.45, 7) is 4.63. The van der Waals surface area contributed by atoms with Crippen molar-refractivity contribution in [2.45, 2.75) is 50.5 Å². The molecule has 1 unspecified atom stereocenters. The molecule has 134 valence electrons. The van der Waals surface area contributed by atoms with Gasteiger partial charge < -0.3 is 11.1 Å². The Morgan fingerprint density at radius 2 is 2.00 bits per heavy atom. The number of benzene rings is 1. The fourth-order valence-corrected chi connectivity index (χ4v) is 4.39. The van der Waals surface area contributed by atoms with Gasteiger partial charge in [0.05, 0.1) is 4.90 Å². The first-order valence-corrected chi connectivity index (χ1v) is 9.93. The van der Waals surface area contributed by atoms with Crippen molar-refractivity contribution in [3.05, 3.63) is 29.3 Å². The number of sulfonamides is 1. The number of nitrogens with two attached hydrogens (primary N) is 1. The molecule has 1 saturated carbocycles. The van der Waals surface area contributed by atoms with Crippen molar-refractivity contribution >= 4 is 15.9 Å². The van der Waals surface area contributed by atoms with E-state index in [1.165, 1.54) is 6.07 Å². The van der Waals surface area contributed by atoms with Crippen LogP contribution in [0.2, 0.25) is 0 Å². The van der Waals surface area contributed by atoms with E-state index in [9.17, 15) is 13.2 Å². The van der Waals surface area contributed by atoms with E-state index in [1.807, 2.05) is 6.92 Å². The molecule has 1 aliphatic carbocycles. The average molecular weight is 353 g/mol. The van der Waals surface area contributed by atoms with E-state index in [1.54, 1.807) is 19.1 Å². The van der Waals surface area contributed by atoms with Crippen LogP contribution in [0.1, 0.15) is 48.5 Å². The van der Waals surface area contributed by atoms with Gasteiger partial charge >= 0.3 is 0 Å². The predicted octanol–water partition coefficient (Wildman–Crippen LogP) is 1.54. The summed E-state index contributed by atoms with van der Waals surface area (Å²) in [6, 6.07) is 4.77. The van der Waals surface area contributed by atoms with Gasteiger partial charge in [-0.25, -0.2) is 13.1 Å². The minimum atomic E-state index is -3.62. The summed E-state index contributed by atoms with van der Waals surface area (Å²) in [4.78, 5) is 12.4. The normalized spacial score (nSPS) is 17.0. The van der Waals surface area contributed by atoms with E-state index in [4.69, 9.17) is 5.73 Å². The number of aryl methyl sites for hydroxylation is 1. The van der Waals surface area contributed by atoms with Crippen molar-refractivity contribution in [2.24, 2.45) is 11.7 Å². The molecule has 1 aromatic carbocycles. The fraction of sp³-hybridized carbons (Fsp3) is 0.588. The third kappa shape index (κ3) is 4.78. The fourth-order valence-electron chi connectivity index (χ4n) is 2.81. The molecule has 7 heteroatoms. The molecule has 0 spiro atoms. The van der Waals surface area contributed by atoms with Crippen LogP contribution in [-0.4, -0.2) is 33.5 Å². The standard InChI is InChI=1S/C17H27N3O3S/c1-12(10-18)11-19-17(21)14-8-7-13(2)16(9-14)24(22,23)20-15-5-3-4-6-15/h7-9,12,15,20H,3-6,10-11,18H2,1-2H3,(H,19,21). The van der Waals surface area contributed by atoms with Crippen LogP contribution in [-0.2, 0) is 10.0 Å². The maximum Gasteiger partial charge on any atom is 0.251 e. The number of carbonyl (C=O) groups is 1. The molecular formula is C17H27N3O3S. The summed E-state index contributed by atoms with van der Waals surface area (Å²) in [7, 11) is -3.62. The van der Waals surface area contributed by atoms with Crippen molar-refractivity contribution in [3.8, 4) is 0 Å². The first-order valence-electron chi connectivity index (χ1n) is 8.44. The van der Waals surface area contributed by atoms with E-state index in [-0.39, 0.29) is 22.8 Å². The number of hydrogen-bond acceptors (Lipinski definition) is 4. The summed E-state index contributed by atoms with van der Waals surface area (Å²) in [5.41, 5.74) is 6.51. The highest BCUT2D eigenvalue weighted by Gasteiger charge is 2.25. The number of nitrogens with one attached hydrogen (secondary N) is 2. The molecule has 4 N–H and O–H groups in total. The molecule has 0 saturated heterocycles. The molecule has 1 fully saturated rings. The maximum atomic E-state index is 12.6. The average Bonchev–Trinajstić information content (AvgIpc) is 3.04. The molecule has 1 atom stereocenters. The molecule has 1 aromatic rings. The lowest BCUT2D eigenvalue weighted by molar-refractivity contribution is 0.0948. The smallest absolute Gasteiger partial charge is 0.251 e. The van der Waals surface area contributed by atoms with Gasteiger partial charge in [0, 0.05) is 18.2 Å². The van der Waals surface area contributed by atoms with Gasteiger partial charge in [0.15, 0.2) is 0 Å². The molecule has 6 nitrogen and oxygen atoms in total. The molecule has 0 heterocycles. The number of rotatable bonds is 7. The van der Waals surface area contributed by atoms with Crippen molar-refractivity contribution in [1.82, 2.24) is 10.0 Å². The van der Waals surface area contributed by atoms with Crippen LogP contribution >= 0.6 is 0 Å². The van der Waals surface area contributed by atoms with Crippen LogP contribution < -0.4 is 15.8 Å². The molecule has 0 bridgehead atoms. The molecule has 0 radical (unpaired) electrons. The van der Waals surface area contributed by atoms with Crippen molar-refractivity contribution in [1.29, 1.82) is 0 Å². The summed E-state index contributed by atoms with van der Waals surface area (Å²) in [6.07, 6.45) is 3.84. The van der Waals surface area contributed by atoms with Crippen LogP contribution in [0.5, 0.6) is 0 Å². The lowest BCUT2D eigenvalue weighted by atomic mass is 10.1. The van der Waals surface area contributed by atoms with Gasteiger partial charge in [0.2, 0.25) is 10.0 Å². The van der Waals surface area contributed by atoms with Gasteiger partial charge in [0.25, 0.3) is 5.91 Å². The molecule has 0 aliphatic heterocycles. The summed E-state index contributed by atoms with van der Waals surface area (Å²) < 4.78 is 28.0. The first kappa shape index (κ1) is 18.9. The topological polar surface area (TPSA) is 101 Å². The van der Waals surface area contributed by atoms with Crippen LogP contribution in [0.15, 0.2) is 23.1 Å². The van der Waals surface area contributed by atoms with E-state index in [0.29, 0.717) is 24.2 Å². The Bertz CT molecular complexity index is 682. The van der Waals surface area contributed by atoms with Crippen LogP contribution in [0.25, 0.3) is 0 Å². The SMILES string of the molecule is Cc1ccc(C(=O)NCC(C)CN)cc1S(=O)(=O)NC1CCCC1. The van der Waals surface area contributed by atoms with Gasteiger partial charge in [-0.15, -0.1) is 0 Å². The quantitative estimate of drug-likeness (QED) is 0.692. The molecule has 0 aromatic heterocycles. The molecular weight excluding hydrogens is 326 g/mol. The van der Waals surface area contributed by atoms with Crippen molar-refractivity contribution < 1.29 is 13.2 Å². The Hall–Kier alpha value is -1.44. The highest BCUT2D eigenvalue weighted by atomic mass is 32.2. The Kier molecular flexibility index (Phi) is 6.37. The second-order valence-electron chi connectivity index (χ2n) is 6.63. The molecule has 24 heavy (non-hydrogen) atoms. The summed E-state index contributed by atoms with van der Waals surface area (Å²) in [5, 5.41) is 2.79. The largest absolute Gasteiger partial charge is 0.352 e. The van der Waals surface area contributed by atoms with E-state index in [2.05, 4.69) is 10.0 Å². The zero-order valence-electron chi connectivity index (χ0n) is 14.3. The van der Waals surface area contributed by atoms with Crippen LogP contribution in [0.3, 0.4) is 0 Å². The minimum Gasteiger partial charge on any atom is -0.352 e. The number of hydrogen-bond donors (Lipinski definition) is 3. The predicted molar refractivity (Wildman–Crippen MR) is 94.3 cm³/mol.